The highest BCUT2D eigenvalue weighted by Gasteiger charge is 2.19. The number of rotatable bonds is 6. The number of hydrogen-bond acceptors (Lipinski definition) is 6. The third kappa shape index (κ3) is 4.30. The molecule has 1 atom stereocenters. The Morgan fingerprint density at radius 2 is 1.87 bits per heavy atom. The number of nitrogens with zero attached hydrogens (tertiary/aromatic N) is 3. The minimum Gasteiger partial charge on any atom is -0.469 e. The van der Waals surface area contributed by atoms with Crippen LogP contribution in [0.1, 0.15) is 32.4 Å². The van der Waals surface area contributed by atoms with Crippen molar-refractivity contribution in [2.75, 3.05) is 5.32 Å². The lowest BCUT2D eigenvalue weighted by molar-refractivity contribution is 0.0687. The second-order valence-corrected chi connectivity index (χ2v) is 8.30. The number of fused-ring (bicyclic) bond motifs is 1. The fraction of sp³-hybridized carbons (Fsp3) is 0.261. The molecule has 3 aromatic heterocycles. The van der Waals surface area contributed by atoms with E-state index < -0.39 is 5.60 Å². The van der Waals surface area contributed by atoms with E-state index in [0.29, 0.717) is 10.8 Å². The van der Waals surface area contributed by atoms with E-state index in [1.165, 1.54) is 0 Å². The van der Waals surface area contributed by atoms with Crippen LogP contribution in [0.4, 0.5) is 5.69 Å². The molecule has 0 radical (unpaired) electrons. The van der Waals surface area contributed by atoms with Crippen LogP contribution in [0.5, 0.6) is 0 Å². The molecule has 0 amide bonds. The molecular formula is C23H23ClN4O2. The number of anilines is 1. The smallest absolute Gasteiger partial charge is 0.159 e. The van der Waals surface area contributed by atoms with E-state index in [9.17, 15) is 5.11 Å². The molecule has 4 aromatic rings. The molecule has 0 fully saturated rings. The molecule has 4 rings (SSSR count). The molecule has 0 aliphatic heterocycles. The van der Waals surface area contributed by atoms with Crippen molar-refractivity contribution >= 4 is 28.2 Å². The highest BCUT2D eigenvalue weighted by Crippen LogP contribution is 2.33. The van der Waals surface area contributed by atoms with Gasteiger partial charge in [-0.3, -0.25) is 4.98 Å². The van der Waals surface area contributed by atoms with Crippen LogP contribution in [0.25, 0.3) is 22.0 Å². The number of aromatic nitrogens is 3. The van der Waals surface area contributed by atoms with Gasteiger partial charge in [0.1, 0.15) is 11.4 Å². The average Bonchev–Trinajstić information content (AvgIpc) is 3.22. The standard InChI is InChI=1S/C23H23ClN4O2/c1-14(9-17-5-4-8-30-17)28-21-18-10-15(6-7-20(18)25-13-19(21)24)16-11-26-22(27-12-16)23(2,3)29/h4-8,10-14,29H,9H2,1-3H3,(H,25,28). The molecule has 0 bridgehead atoms. The molecule has 154 valence electrons. The average molecular weight is 423 g/mol. The predicted molar refractivity (Wildman–Crippen MR) is 119 cm³/mol. The van der Waals surface area contributed by atoms with Gasteiger partial charge in [-0.15, -0.1) is 0 Å². The van der Waals surface area contributed by atoms with Gasteiger partial charge < -0.3 is 14.8 Å². The molecule has 0 saturated carbocycles. The van der Waals surface area contributed by atoms with Crippen LogP contribution < -0.4 is 5.32 Å². The first kappa shape index (κ1) is 20.3. The van der Waals surface area contributed by atoms with Crippen LogP contribution in [0.2, 0.25) is 5.02 Å². The zero-order chi connectivity index (χ0) is 21.3. The molecule has 1 unspecified atom stereocenters. The maximum absolute atomic E-state index is 10.1. The van der Waals surface area contributed by atoms with Crippen molar-refractivity contribution in [2.45, 2.75) is 38.8 Å². The number of aliphatic hydroxyl groups is 1. The summed E-state index contributed by atoms with van der Waals surface area (Å²) in [7, 11) is 0. The van der Waals surface area contributed by atoms with Crippen molar-refractivity contribution in [3.63, 3.8) is 0 Å². The van der Waals surface area contributed by atoms with Gasteiger partial charge in [0.25, 0.3) is 0 Å². The quantitative estimate of drug-likeness (QED) is 0.443. The van der Waals surface area contributed by atoms with Gasteiger partial charge in [0, 0.05) is 42.0 Å². The Hall–Kier alpha value is -2.96. The molecule has 2 N–H and O–H groups in total. The van der Waals surface area contributed by atoms with Gasteiger partial charge in [-0.25, -0.2) is 9.97 Å². The van der Waals surface area contributed by atoms with Crippen molar-refractivity contribution in [1.82, 2.24) is 15.0 Å². The lowest BCUT2D eigenvalue weighted by atomic mass is 10.0. The number of halogens is 1. The van der Waals surface area contributed by atoms with Crippen LogP contribution in [-0.4, -0.2) is 26.1 Å². The van der Waals surface area contributed by atoms with Gasteiger partial charge in [-0.05, 0) is 50.6 Å². The summed E-state index contributed by atoms with van der Waals surface area (Å²) in [6.07, 6.45) is 7.50. The predicted octanol–water partition coefficient (Wildman–Crippen LogP) is 5.21. The Morgan fingerprint density at radius 1 is 1.10 bits per heavy atom. The van der Waals surface area contributed by atoms with E-state index in [-0.39, 0.29) is 6.04 Å². The fourth-order valence-corrected chi connectivity index (χ4v) is 3.52. The Labute approximate surface area is 180 Å². The molecule has 7 heteroatoms. The summed E-state index contributed by atoms with van der Waals surface area (Å²) in [5.74, 6) is 1.29. The molecule has 0 aliphatic rings. The number of hydrogen-bond donors (Lipinski definition) is 2. The van der Waals surface area contributed by atoms with Crippen LogP contribution in [0.3, 0.4) is 0 Å². The summed E-state index contributed by atoms with van der Waals surface area (Å²) in [5.41, 5.74) is 2.37. The Bertz CT molecular complexity index is 1150. The second-order valence-electron chi connectivity index (χ2n) is 7.90. The topological polar surface area (TPSA) is 84.1 Å². The maximum Gasteiger partial charge on any atom is 0.159 e. The van der Waals surface area contributed by atoms with Crippen molar-refractivity contribution < 1.29 is 9.52 Å². The van der Waals surface area contributed by atoms with Gasteiger partial charge >= 0.3 is 0 Å². The van der Waals surface area contributed by atoms with E-state index in [1.54, 1.807) is 38.7 Å². The molecule has 3 heterocycles. The zero-order valence-electron chi connectivity index (χ0n) is 17.1. The summed E-state index contributed by atoms with van der Waals surface area (Å²) in [6.45, 7) is 5.40. The molecule has 0 aliphatic carbocycles. The van der Waals surface area contributed by atoms with Crippen molar-refractivity contribution in [1.29, 1.82) is 0 Å². The van der Waals surface area contributed by atoms with Gasteiger partial charge in [-0.1, -0.05) is 17.7 Å². The number of furan rings is 1. The zero-order valence-corrected chi connectivity index (χ0v) is 17.8. The van der Waals surface area contributed by atoms with Crippen LogP contribution in [0.15, 0.2) is 59.6 Å². The van der Waals surface area contributed by atoms with E-state index in [1.807, 2.05) is 30.3 Å². The van der Waals surface area contributed by atoms with E-state index in [2.05, 4.69) is 27.2 Å². The molecule has 0 spiro atoms. The lowest BCUT2D eigenvalue weighted by Crippen LogP contribution is -2.19. The number of pyridine rings is 1. The Morgan fingerprint density at radius 3 is 2.53 bits per heavy atom. The van der Waals surface area contributed by atoms with E-state index >= 15 is 0 Å². The first-order valence-corrected chi connectivity index (χ1v) is 10.1. The highest BCUT2D eigenvalue weighted by atomic mass is 35.5. The Balaban J connectivity index is 1.68. The third-order valence-electron chi connectivity index (χ3n) is 4.83. The normalized spacial score (nSPS) is 12.8. The summed E-state index contributed by atoms with van der Waals surface area (Å²) < 4.78 is 5.45. The van der Waals surface area contributed by atoms with Crippen LogP contribution >= 0.6 is 11.6 Å². The largest absolute Gasteiger partial charge is 0.469 e. The minimum atomic E-state index is -1.08. The van der Waals surface area contributed by atoms with Gasteiger partial charge in [0.05, 0.1) is 22.5 Å². The molecule has 6 nitrogen and oxygen atoms in total. The fourth-order valence-electron chi connectivity index (χ4n) is 3.32. The van der Waals surface area contributed by atoms with Crippen molar-refractivity contribution in [2.24, 2.45) is 0 Å². The summed E-state index contributed by atoms with van der Waals surface area (Å²) in [6, 6.07) is 9.90. The van der Waals surface area contributed by atoms with Crippen molar-refractivity contribution in [3.05, 3.63) is 71.8 Å². The maximum atomic E-state index is 10.1. The van der Waals surface area contributed by atoms with E-state index in [4.69, 9.17) is 16.0 Å². The minimum absolute atomic E-state index is 0.109. The summed E-state index contributed by atoms with van der Waals surface area (Å²) in [4.78, 5) is 13.1. The van der Waals surface area contributed by atoms with E-state index in [0.717, 1.165) is 39.9 Å². The van der Waals surface area contributed by atoms with Crippen LogP contribution in [0, 0.1) is 0 Å². The number of nitrogens with one attached hydrogen (secondary N) is 1. The SMILES string of the molecule is CC(Cc1ccco1)Nc1c(Cl)cnc2ccc(-c3cnc(C(C)(C)O)nc3)cc12. The summed E-state index contributed by atoms with van der Waals surface area (Å²) >= 11 is 6.50. The highest BCUT2D eigenvalue weighted by molar-refractivity contribution is 6.34. The summed E-state index contributed by atoms with van der Waals surface area (Å²) in [5, 5.41) is 15.0. The van der Waals surface area contributed by atoms with Crippen molar-refractivity contribution in [3.8, 4) is 11.1 Å². The molecule has 30 heavy (non-hydrogen) atoms. The lowest BCUT2D eigenvalue weighted by Gasteiger charge is -2.18. The molecular weight excluding hydrogens is 400 g/mol. The van der Waals surface area contributed by atoms with Gasteiger partial charge in [-0.2, -0.15) is 0 Å². The molecule has 1 aromatic carbocycles. The van der Waals surface area contributed by atoms with Gasteiger partial charge in [0.2, 0.25) is 0 Å². The number of benzene rings is 1. The molecule has 0 saturated heterocycles. The first-order chi connectivity index (χ1) is 14.3. The second kappa shape index (κ2) is 8.05. The third-order valence-corrected chi connectivity index (χ3v) is 5.12. The first-order valence-electron chi connectivity index (χ1n) is 9.74. The van der Waals surface area contributed by atoms with Gasteiger partial charge in [0.15, 0.2) is 5.82 Å². The monoisotopic (exact) mass is 422 g/mol. The van der Waals surface area contributed by atoms with Crippen LogP contribution in [-0.2, 0) is 12.0 Å². The Kier molecular flexibility index (Phi) is 5.45.